The van der Waals surface area contributed by atoms with E-state index >= 15 is 0 Å². The van der Waals surface area contributed by atoms with E-state index in [0.29, 0.717) is 11.9 Å². The van der Waals surface area contributed by atoms with Crippen LogP contribution in [0, 0.1) is 5.41 Å². The van der Waals surface area contributed by atoms with E-state index in [1.165, 1.54) is 11.3 Å². The molecule has 90 valence electrons. The van der Waals surface area contributed by atoms with Crippen molar-refractivity contribution in [1.29, 1.82) is 0 Å². The number of nitrogens with zero attached hydrogens (tertiary/aromatic N) is 1. The molecule has 1 aromatic carbocycles. The lowest BCUT2D eigenvalue weighted by Crippen LogP contribution is -2.39. The van der Waals surface area contributed by atoms with Crippen LogP contribution in [0.3, 0.4) is 0 Å². The molecule has 16 heavy (non-hydrogen) atoms. The summed E-state index contributed by atoms with van der Waals surface area (Å²) in [7, 11) is 2.14. The van der Waals surface area contributed by atoms with Crippen LogP contribution in [-0.4, -0.2) is 13.1 Å². The summed E-state index contributed by atoms with van der Waals surface area (Å²) in [6.07, 6.45) is 0. The van der Waals surface area contributed by atoms with Crippen LogP contribution in [0.4, 0.5) is 5.69 Å². The standard InChI is InChI=1S/C14H22ClN/c1-11(14(2,3)4)16(5)13-8-6-12(10-15)7-9-13/h6-9,11H,10H2,1-5H3. The highest BCUT2D eigenvalue weighted by Gasteiger charge is 2.23. The average molecular weight is 240 g/mol. The molecule has 0 aliphatic rings. The van der Waals surface area contributed by atoms with E-state index in [1.54, 1.807) is 0 Å². The molecule has 0 aliphatic heterocycles. The van der Waals surface area contributed by atoms with Crippen LogP contribution in [0.15, 0.2) is 24.3 Å². The smallest absolute Gasteiger partial charge is 0.0474 e. The fourth-order valence-corrected chi connectivity index (χ4v) is 1.80. The molecule has 1 aromatic rings. The Labute approximate surface area is 104 Å². The summed E-state index contributed by atoms with van der Waals surface area (Å²) in [5.41, 5.74) is 2.69. The van der Waals surface area contributed by atoms with Crippen molar-refractivity contribution in [3.8, 4) is 0 Å². The van der Waals surface area contributed by atoms with Gasteiger partial charge in [-0.3, -0.25) is 0 Å². The molecule has 0 bridgehead atoms. The SMILES string of the molecule is CC(N(C)c1ccc(CCl)cc1)C(C)(C)C. The molecule has 0 saturated carbocycles. The number of anilines is 1. The normalized spacial score (nSPS) is 13.6. The Morgan fingerprint density at radius 1 is 1.19 bits per heavy atom. The molecule has 0 N–H and O–H groups in total. The second kappa shape index (κ2) is 5.09. The molecular formula is C14H22ClN. The summed E-state index contributed by atoms with van der Waals surface area (Å²) < 4.78 is 0. The van der Waals surface area contributed by atoms with Crippen molar-refractivity contribution in [1.82, 2.24) is 0 Å². The maximum absolute atomic E-state index is 5.78. The van der Waals surface area contributed by atoms with Crippen molar-refractivity contribution < 1.29 is 0 Å². The summed E-state index contributed by atoms with van der Waals surface area (Å²) in [5, 5.41) is 0. The van der Waals surface area contributed by atoms with Crippen molar-refractivity contribution in [2.75, 3.05) is 11.9 Å². The molecule has 1 nitrogen and oxygen atoms in total. The summed E-state index contributed by atoms with van der Waals surface area (Å²) in [4.78, 5) is 2.32. The maximum atomic E-state index is 5.78. The van der Waals surface area contributed by atoms with Crippen molar-refractivity contribution in [3.63, 3.8) is 0 Å². The van der Waals surface area contributed by atoms with Crippen LogP contribution in [0.25, 0.3) is 0 Å². The van der Waals surface area contributed by atoms with Gasteiger partial charge in [0.05, 0.1) is 0 Å². The van der Waals surface area contributed by atoms with Crippen molar-refractivity contribution in [2.24, 2.45) is 5.41 Å². The Hall–Kier alpha value is -0.690. The van der Waals surface area contributed by atoms with Crippen LogP contribution in [0.5, 0.6) is 0 Å². The zero-order chi connectivity index (χ0) is 12.3. The third-order valence-electron chi connectivity index (χ3n) is 3.33. The van der Waals surface area contributed by atoms with Gasteiger partial charge in [-0.05, 0) is 30.0 Å². The Balaban J connectivity index is 2.84. The first-order valence-corrected chi connectivity index (χ1v) is 6.27. The molecular weight excluding hydrogens is 218 g/mol. The molecule has 0 fully saturated rings. The van der Waals surface area contributed by atoms with Gasteiger partial charge < -0.3 is 4.90 Å². The van der Waals surface area contributed by atoms with Crippen molar-refractivity contribution in [3.05, 3.63) is 29.8 Å². The van der Waals surface area contributed by atoms with E-state index in [4.69, 9.17) is 11.6 Å². The predicted molar refractivity (Wildman–Crippen MR) is 73.3 cm³/mol. The van der Waals surface area contributed by atoms with Crippen molar-refractivity contribution >= 4 is 17.3 Å². The number of hydrogen-bond donors (Lipinski definition) is 0. The van der Waals surface area contributed by atoms with Crippen LogP contribution >= 0.6 is 11.6 Å². The minimum absolute atomic E-state index is 0.278. The lowest BCUT2D eigenvalue weighted by molar-refractivity contribution is 0.330. The van der Waals surface area contributed by atoms with Gasteiger partial charge in [-0.15, -0.1) is 11.6 Å². The van der Waals surface area contributed by atoms with Crippen LogP contribution < -0.4 is 4.90 Å². The highest BCUT2D eigenvalue weighted by Crippen LogP contribution is 2.27. The minimum Gasteiger partial charge on any atom is -0.371 e. The van der Waals surface area contributed by atoms with Gasteiger partial charge in [0.15, 0.2) is 0 Å². The fraction of sp³-hybridized carbons (Fsp3) is 0.571. The average Bonchev–Trinajstić information content (AvgIpc) is 2.26. The van der Waals surface area contributed by atoms with Gasteiger partial charge in [0.2, 0.25) is 0 Å². The number of rotatable bonds is 3. The van der Waals surface area contributed by atoms with E-state index in [1.807, 2.05) is 0 Å². The Bertz CT molecular complexity index is 324. The Morgan fingerprint density at radius 2 is 1.69 bits per heavy atom. The second-order valence-corrected chi connectivity index (χ2v) is 5.72. The molecule has 0 spiro atoms. The van der Waals surface area contributed by atoms with Gasteiger partial charge in [0, 0.05) is 24.7 Å². The van der Waals surface area contributed by atoms with Gasteiger partial charge in [0.1, 0.15) is 0 Å². The van der Waals surface area contributed by atoms with Gasteiger partial charge in [-0.25, -0.2) is 0 Å². The molecule has 1 atom stereocenters. The highest BCUT2D eigenvalue weighted by atomic mass is 35.5. The monoisotopic (exact) mass is 239 g/mol. The molecule has 0 saturated heterocycles. The second-order valence-electron chi connectivity index (χ2n) is 5.45. The van der Waals surface area contributed by atoms with Crippen LogP contribution in [-0.2, 0) is 5.88 Å². The molecule has 0 amide bonds. The quantitative estimate of drug-likeness (QED) is 0.711. The molecule has 1 unspecified atom stereocenters. The first-order chi connectivity index (χ1) is 7.36. The summed E-state index contributed by atoms with van der Waals surface area (Å²) in [6.45, 7) is 9.05. The third kappa shape index (κ3) is 3.15. The molecule has 0 aromatic heterocycles. The predicted octanol–water partition coefficient (Wildman–Crippen LogP) is 4.30. The van der Waals surface area contributed by atoms with Gasteiger partial charge >= 0.3 is 0 Å². The minimum atomic E-state index is 0.278. The lowest BCUT2D eigenvalue weighted by Gasteiger charge is -2.37. The zero-order valence-electron chi connectivity index (χ0n) is 10.9. The zero-order valence-corrected chi connectivity index (χ0v) is 11.7. The van der Waals surface area contributed by atoms with E-state index in [9.17, 15) is 0 Å². The first kappa shape index (κ1) is 13.4. The van der Waals surface area contributed by atoms with Crippen molar-refractivity contribution in [2.45, 2.75) is 39.6 Å². The largest absolute Gasteiger partial charge is 0.371 e. The Kier molecular flexibility index (Phi) is 4.26. The fourth-order valence-electron chi connectivity index (χ4n) is 1.62. The molecule has 0 radical (unpaired) electrons. The highest BCUT2D eigenvalue weighted by molar-refractivity contribution is 6.17. The van der Waals surface area contributed by atoms with Crippen LogP contribution in [0.2, 0.25) is 0 Å². The van der Waals surface area contributed by atoms with E-state index in [2.05, 4.69) is 63.9 Å². The van der Waals surface area contributed by atoms with Gasteiger partial charge in [-0.2, -0.15) is 0 Å². The molecule has 1 rings (SSSR count). The number of halogens is 1. The summed E-state index contributed by atoms with van der Waals surface area (Å²) >= 11 is 5.78. The summed E-state index contributed by atoms with van der Waals surface area (Å²) in [5.74, 6) is 0.582. The number of benzene rings is 1. The van der Waals surface area contributed by atoms with E-state index < -0.39 is 0 Å². The number of alkyl halides is 1. The van der Waals surface area contributed by atoms with E-state index in [0.717, 1.165) is 0 Å². The third-order valence-corrected chi connectivity index (χ3v) is 3.64. The topological polar surface area (TPSA) is 3.24 Å². The summed E-state index contributed by atoms with van der Waals surface area (Å²) in [6, 6.07) is 8.96. The molecule has 0 aliphatic carbocycles. The van der Waals surface area contributed by atoms with Crippen LogP contribution in [0.1, 0.15) is 33.3 Å². The van der Waals surface area contributed by atoms with E-state index in [-0.39, 0.29) is 5.41 Å². The molecule has 0 heterocycles. The molecule has 2 heteroatoms. The number of hydrogen-bond acceptors (Lipinski definition) is 1. The lowest BCUT2D eigenvalue weighted by atomic mass is 9.87. The Morgan fingerprint density at radius 3 is 2.06 bits per heavy atom. The maximum Gasteiger partial charge on any atom is 0.0474 e. The van der Waals surface area contributed by atoms with Gasteiger partial charge in [0.25, 0.3) is 0 Å². The first-order valence-electron chi connectivity index (χ1n) is 5.74. The van der Waals surface area contributed by atoms with Gasteiger partial charge in [-0.1, -0.05) is 32.9 Å².